The SMILES string of the molecule is CCCn1c(=O)n(C)c(=O)c2c(SC(C)C(=O)NC(=O)Nc3ccccc3)nc(C(C)C)nc21. The normalized spacial score (nSPS) is 12.1. The average molecular weight is 485 g/mol. The predicted molar refractivity (Wildman–Crippen MR) is 132 cm³/mol. The van der Waals surface area contributed by atoms with Gasteiger partial charge in [-0.15, -0.1) is 0 Å². The molecule has 0 aliphatic rings. The molecule has 3 rings (SSSR count). The highest BCUT2D eigenvalue weighted by molar-refractivity contribution is 8.00. The Kier molecular flexibility index (Phi) is 7.87. The number of thioether (sulfide) groups is 1. The van der Waals surface area contributed by atoms with Crippen LogP contribution in [-0.4, -0.2) is 36.3 Å². The van der Waals surface area contributed by atoms with E-state index in [0.717, 1.165) is 16.3 Å². The summed E-state index contributed by atoms with van der Waals surface area (Å²) in [7, 11) is 1.41. The van der Waals surface area contributed by atoms with Gasteiger partial charge in [0.1, 0.15) is 16.2 Å². The molecule has 0 saturated carbocycles. The summed E-state index contributed by atoms with van der Waals surface area (Å²) in [6.07, 6.45) is 0.673. The molecule has 10 nitrogen and oxygen atoms in total. The first-order valence-corrected chi connectivity index (χ1v) is 11.9. The number of imide groups is 1. The lowest BCUT2D eigenvalue weighted by atomic mass is 10.2. The Morgan fingerprint density at radius 3 is 2.38 bits per heavy atom. The second-order valence-corrected chi connectivity index (χ2v) is 9.44. The van der Waals surface area contributed by atoms with Crippen molar-refractivity contribution in [3.63, 3.8) is 0 Å². The topological polar surface area (TPSA) is 128 Å². The number of fused-ring (bicyclic) bond motifs is 1. The molecule has 0 fully saturated rings. The third-order valence-electron chi connectivity index (χ3n) is 5.06. The van der Waals surface area contributed by atoms with Crippen molar-refractivity contribution < 1.29 is 9.59 Å². The molecule has 0 aliphatic carbocycles. The predicted octanol–water partition coefficient (Wildman–Crippen LogP) is 2.85. The van der Waals surface area contributed by atoms with Gasteiger partial charge in [-0.3, -0.25) is 24.0 Å². The van der Waals surface area contributed by atoms with Crippen molar-refractivity contribution in [2.24, 2.45) is 7.05 Å². The minimum Gasteiger partial charge on any atom is -0.308 e. The quantitative estimate of drug-likeness (QED) is 0.390. The van der Waals surface area contributed by atoms with Gasteiger partial charge >= 0.3 is 11.7 Å². The van der Waals surface area contributed by atoms with Crippen LogP contribution in [0.5, 0.6) is 0 Å². The molecule has 34 heavy (non-hydrogen) atoms. The molecule has 1 unspecified atom stereocenters. The van der Waals surface area contributed by atoms with Crippen molar-refractivity contribution in [2.45, 2.75) is 56.9 Å². The molecule has 2 N–H and O–H groups in total. The van der Waals surface area contributed by atoms with Crippen molar-refractivity contribution in [1.82, 2.24) is 24.4 Å². The number of anilines is 1. The molecule has 3 aromatic rings. The minimum absolute atomic E-state index is 0.0706. The fourth-order valence-electron chi connectivity index (χ4n) is 3.24. The minimum atomic E-state index is -0.754. The molecule has 0 saturated heterocycles. The number of para-hydroxylation sites is 1. The third-order valence-corrected chi connectivity index (χ3v) is 6.14. The molecular formula is C23H28N6O4S. The van der Waals surface area contributed by atoms with E-state index in [4.69, 9.17) is 0 Å². The number of hydrogen-bond donors (Lipinski definition) is 2. The Hall–Kier alpha value is -3.47. The number of aromatic nitrogens is 4. The van der Waals surface area contributed by atoms with Gasteiger partial charge in [0.2, 0.25) is 5.91 Å². The van der Waals surface area contributed by atoms with Gasteiger partial charge in [-0.2, -0.15) is 0 Å². The van der Waals surface area contributed by atoms with Gasteiger partial charge < -0.3 is 5.32 Å². The Labute approximate surface area is 200 Å². The summed E-state index contributed by atoms with van der Waals surface area (Å²) in [5.74, 6) is -0.157. The van der Waals surface area contributed by atoms with Crippen LogP contribution in [0.15, 0.2) is 44.9 Å². The molecule has 0 spiro atoms. The number of carbonyl (C=O) groups excluding carboxylic acids is 2. The monoisotopic (exact) mass is 484 g/mol. The van der Waals surface area contributed by atoms with Gasteiger partial charge in [-0.1, -0.05) is 50.7 Å². The van der Waals surface area contributed by atoms with Crippen LogP contribution in [0.2, 0.25) is 0 Å². The lowest BCUT2D eigenvalue weighted by Crippen LogP contribution is -2.40. The maximum absolute atomic E-state index is 13.0. The lowest BCUT2D eigenvalue weighted by molar-refractivity contribution is -0.119. The first-order valence-electron chi connectivity index (χ1n) is 11.0. The number of benzene rings is 1. The lowest BCUT2D eigenvalue weighted by Gasteiger charge is -2.17. The van der Waals surface area contributed by atoms with Crippen LogP contribution in [0, 0.1) is 0 Å². The molecule has 0 radical (unpaired) electrons. The summed E-state index contributed by atoms with van der Waals surface area (Å²) < 4.78 is 2.49. The van der Waals surface area contributed by atoms with E-state index in [0.29, 0.717) is 29.5 Å². The molecule has 0 aliphatic heterocycles. The molecule has 1 atom stereocenters. The number of carbonyl (C=O) groups is 2. The van der Waals surface area contributed by atoms with Gasteiger partial charge in [0.25, 0.3) is 5.56 Å². The second-order valence-electron chi connectivity index (χ2n) is 8.11. The van der Waals surface area contributed by atoms with Crippen LogP contribution in [0.25, 0.3) is 11.0 Å². The van der Waals surface area contributed by atoms with Crippen LogP contribution in [-0.2, 0) is 18.4 Å². The Balaban J connectivity index is 1.96. The Morgan fingerprint density at radius 1 is 1.09 bits per heavy atom. The maximum atomic E-state index is 13.0. The summed E-state index contributed by atoms with van der Waals surface area (Å²) in [5, 5.41) is 4.62. The number of aryl methyl sites for hydroxylation is 1. The van der Waals surface area contributed by atoms with Crippen molar-refractivity contribution in [3.8, 4) is 0 Å². The van der Waals surface area contributed by atoms with E-state index in [2.05, 4.69) is 20.6 Å². The molecule has 2 aromatic heterocycles. The molecule has 2 heterocycles. The zero-order valence-electron chi connectivity index (χ0n) is 19.8. The average Bonchev–Trinajstić information content (AvgIpc) is 2.80. The van der Waals surface area contributed by atoms with Crippen molar-refractivity contribution in [2.75, 3.05) is 5.32 Å². The first-order chi connectivity index (χ1) is 16.1. The van der Waals surface area contributed by atoms with E-state index >= 15 is 0 Å². The number of rotatable bonds is 7. The summed E-state index contributed by atoms with van der Waals surface area (Å²) in [6.45, 7) is 7.74. The van der Waals surface area contributed by atoms with E-state index in [-0.39, 0.29) is 17.0 Å². The fourth-order valence-corrected chi connectivity index (χ4v) is 4.18. The largest absolute Gasteiger partial charge is 0.332 e. The van der Waals surface area contributed by atoms with Gasteiger partial charge in [0.15, 0.2) is 5.65 Å². The van der Waals surface area contributed by atoms with Crippen LogP contribution in [0.1, 0.15) is 45.9 Å². The van der Waals surface area contributed by atoms with E-state index < -0.39 is 28.4 Å². The molecule has 11 heteroatoms. The number of hydrogen-bond acceptors (Lipinski definition) is 7. The highest BCUT2D eigenvalue weighted by Crippen LogP contribution is 2.28. The van der Waals surface area contributed by atoms with Crippen LogP contribution < -0.4 is 21.9 Å². The van der Waals surface area contributed by atoms with Gasteiger partial charge in [0, 0.05) is 25.2 Å². The maximum Gasteiger partial charge on any atom is 0.332 e. The zero-order valence-corrected chi connectivity index (χ0v) is 20.6. The Bertz CT molecular complexity index is 1330. The highest BCUT2D eigenvalue weighted by Gasteiger charge is 2.24. The molecular weight excluding hydrogens is 456 g/mol. The molecule has 0 bridgehead atoms. The molecule has 1 aromatic carbocycles. The van der Waals surface area contributed by atoms with E-state index in [1.165, 1.54) is 11.6 Å². The number of nitrogens with one attached hydrogen (secondary N) is 2. The van der Waals surface area contributed by atoms with Gasteiger partial charge in [-0.25, -0.2) is 19.6 Å². The van der Waals surface area contributed by atoms with Crippen molar-refractivity contribution >= 4 is 40.4 Å². The summed E-state index contributed by atoms with van der Waals surface area (Å²) in [6, 6.07) is 8.09. The van der Waals surface area contributed by atoms with Crippen LogP contribution >= 0.6 is 11.8 Å². The molecule has 180 valence electrons. The molecule has 3 amide bonds. The van der Waals surface area contributed by atoms with Crippen LogP contribution in [0.4, 0.5) is 10.5 Å². The van der Waals surface area contributed by atoms with E-state index in [9.17, 15) is 19.2 Å². The van der Waals surface area contributed by atoms with Gasteiger partial charge in [0.05, 0.1) is 5.25 Å². The fraction of sp³-hybridized carbons (Fsp3) is 0.391. The van der Waals surface area contributed by atoms with Gasteiger partial charge in [-0.05, 0) is 25.5 Å². The highest BCUT2D eigenvalue weighted by atomic mass is 32.2. The van der Waals surface area contributed by atoms with E-state index in [1.807, 2.05) is 26.8 Å². The zero-order chi connectivity index (χ0) is 25.0. The standard InChI is InChI=1S/C23H28N6O4S/c1-6-12-29-18-16(21(31)28(5)23(29)33)20(26-17(25-18)13(2)3)34-14(4)19(30)27-22(32)24-15-10-8-7-9-11-15/h7-11,13-14H,6,12H2,1-5H3,(H2,24,27,30,32). The first kappa shape index (κ1) is 25.2. The number of amides is 3. The Morgan fingerprint density at radius 2 is 1.76 bits per heavy atom. The smallest absolute Gasteiger partial charge is 0.308 e. The third kappa shape index (κ3) is 5.36. The van der Waals surface area contributed by atoms with Crippen molar-refractivity contribution in [1.29, 1.82) is 0 Å². The summed E-state index contributed by atoms with van der Waals surface area (Å²) in [5.41, 5.74) is -0.175. The summed E-state index contributed by atoms with van der Waals surface area (Å²) >= 11 is 1.04. The number of nitrogens with zero attached hydrogens (tertiary/aromatic N) is 4. The second kappa shape index (κ2) is 10.6. The van der Waals surface area contributed by atoms with E-state index in [1.54, 1.807) is 31.2 Å². The summed E-state index contributed by atoms with van der Waals surface area (Å²) in [4.78, 5) is 59.8. The van der Waals surface area contributed by atoms with Crippen LogP contribution in [0.3, 0.4) is 0 Å². The number of urea groups is 1. The van der Waals surface area contributed by atoms with Crippen molar-refractivity contribution in [3.05, 3.63) is 57.0 Å².